The fourth-order valence-electron chi connectivity index (χ4n) is 4.43. The van der Waals surface area contributed by atoms with Crippen LogP contribution < -0.4 is 4.74 Å². The fourth-order valence-corrected chi connectivity index (χ4v) is 5.29. The van der Waals surface area contributed by atoms with Gasteiger partial charge in [0.2, 0.25) is 0 Å². The summed E-state index contributed by atoms with van der Waals surface area (Å²) in [5, 5.41) is 2.19. The highest BCUT2D eigenvalue weighted by atomic mass is 32.2. The van der Waals surface area contributed by atoms with E-state index in [2.05, 4.69) is 17.0 Å². The molecular weight excluding hydrogens is 397 g/mol. The van der Waals surface area contributed by atoms with E-state index in [0.717, 1.165) is 71.0 Å². The second-order valence-corrected chi connectivity index (χ2v) is 9.21. The second-order valence-electron chi connectivity index (χ2n) is 8.07. The summed E-state index contributed by atoms with van der Waals surface area (Å²) in [5.41, 5.74) is 1.83. The summed E-state index contributed by atoms with van der Waals surface area (Å²) in [6, 6.07) is 17.0. The van der Waals surface area contributed by atoms with Gasteiger partial charge in [0.1, 0.15) is 11.6 Å². The number of ether oxygens (including phenoxy) is 1. The van der Waals surface area contributed by atoms with Crippen molar-refractivity contribution in [1.82, 2.24) is 4.90 Å². The number of fused-ring (bicyclic) bond motifs is 2. The summed E-state index contributed by atoms with van der Waals surface area (Å²) in [7, 11) is 0. The topological polar surface area (TPSA) is 29.5 Å². The van der Waals surface area contributed by atoms with Gasteiger partial charge in [0.15, 0.2) is 5.78 Å². The fraction of sp³-hybridized carbons (Fsp3) is 0.320. The van der Waals surface area contributed by atoms with Crippen LogP contribution in [0.5, 0.6) is 5.75 Å². The summed E-state index contributed by atoms with van der Waals surface area (Å²) in [4.78, 5) is 16.3. The minimum absolute atomic E-state index is 0.174. The number of Topliss-reactive ketones (excluding diaryl/α,β-unsaturated/α-hetero) is 1. The van der Waals surface area contributed by atoms with Gasteiger partial charge in [-0.1, -0.05) is 24.3 Å². The Bertz CT molecular complexity index is 1100. The first-order valence-electron chi connectivity index (χ1n) is 10.5. The van der Waals surface area contributed by atoms with Crippen molar-refractivity contribution >= 4 is 28.3 Å². The van der Waals surface area contributed by atoms with Gasteiger partial charge < -0.3 is 9.64 Å². The number of rotatable bonds is 5. The van der Waals surface area contributed by atoms with E-state index in [-0.39, 0.29) is 11.6 Å². The molecule has 0 amide bonds. The van der Waals surface area contributed by atoms with Crippen LogP contribution in [0, 0.1) is 5.82 Å². The number of ketones is 1. The molecule has 5 rings (SSSR count). The normalized spacial score (nSPS) is 18.9. The van der Waals surface area contributed by atoms with E-state index < -0.39 is 0 Å². The third-order valence-electron chi connectivity index (χ3n) is 6.07. The average molecular weight is 422 g/mol. The highest BCUT2D eigenvalue weighted by Gasteiger charge is 2.24. The summed E-state index contributed by atoms with van der Waals surface area (Å²) in [6.45, 7) is 3.33. The van der Waals surface area contributed by atoms with Crippen LogP contribution in [-0.4, -0.2) is 42.7 Å². The van der Waals surface area contributed by atoms with E-state index in [1.807, 2.05) is 24.3 Å². The quantitative estimate of drug-likeness (QED) is 0.507. The maximum atomic E-state index is 13.5. The Morgan fingerprint density at radius 3 is 2.97 bits per heavy atom. The Hall–Kier alpha value is -2.37. The van der Waals surface area contributed by atoms with Gasteiger partial charge in [0, 0.05) is 30.8 Å². The first-order chi connectivity index (χ1) is 14.7. The molecule has 5 heteroatoms. The molecule has 30 heavy (non-hydrogen) atoms. The molecule has 2 aliphatic rings. The van der Waals surface area contributed by atoms with Crippen LogP contribution in [0.1, 0.15) is 34.7 Å². The largest absolute Gasteiger partial charge is 0.492 e. The molecule has 2 heterocycles. The molecule has 0 saturated carbocycles. The number of halogens is 1. The van der Waals surface area contributed by atoms with Crippen LogP contribution in [0.25, 0.3) is 10.8 Å². The van der Waals surface area contributed by atoms with Crippen LogP contribution in [0.15, 0.2) is 59.5 Å². The summed E-state index contributed by atoms with van der Waals surface area (Å²) >= 11 is 1.80. The first-order valence-corrected chi connectivity index (χ1v) is 11.5. The standard InChI is InChI=1S/C25H24FNO2S/c26-22-3-1-2-17(13-22)20-6-8-27(16-20)9-7-23(28)19-5-4-18-14-24-25(15-21(18)12-19)30-11-10-29-24/h1-5,12-15,20H,6-11,16H2. The van der Waals surface area contributed by atoms with Gasteiger partial charge in [0.25, 0.3) is 0 Å². The number of hydrogen-bond donors (Lipinski definition) is 0. The van der Waals surface area contributed by atoms with Gasteiger partial charge in [-0.25, -0.2) is 4.39 Å². The van der Waals surface area contributed by atoms with Crippen molar-refractivity contribution in [3.05, 3.63) is 71.5 Å². The third-order valence-corrected chi connectivity index (χ3v) is 7.07. The maximum Gasteiger partial charge on any atom is 0.164 e. The number of likely N-dealkylation sites (tertiary alicyclic amines) is 1. The van der Waals surface area contributed by atoms with Crippen molar-refractivity contribution in [2.45, 2.75) is 23.7 Å². The van der Waals surface area contributed by atoms with E-state index >= 15 is 0 Å². The molecule has 2 aliphatic heterocycles. The zero-order chi connectivity index (χ0) is 20.5. The summed E-state index contributed by atoms with van der Waals surface area (Å²) in [5.74, 6) is 2.25. The molecule has 3 aromatic rings. The van der Waals surface area contributed by atoms with E-state index in [1.54, 1.807) is 23.9 Å². The van der Waals surface area contributed by atoms with E-state index in [1.165, 1.54) is 6.07 Å². The summed E-state index contributed by atoms with van der Waals surface area (Å²) < 4.78 is 19.2. The van der Waals surface area contributed by atoms with Gasteiger partial charge in [-0.05, 0) is 65.6 Å². The van der Waals surface area contributed by atoms with Gasteiger partial charge in [0.05, 0.1) is 11.5 Å². The number of nitrogens with zero attached hydrogens (tertiary/aromatic N) is 1. The molecule has 0 N–H and O–H groups in total. The lowest BCUT2D eigenvalue weighted by Gasteiger charge is -2.18. The van der Waals surface area contributed by atoms with Crippen molar-refractivity contribution in [3.8, 4) is 5.75 Å². The highest BCUT2D eigenvalue weighted by molar-refractivity contribution is 7.99. The highest BCUT2D eigenvalue weighted by Crippen LogP contribution is 2.37. The molecule has 1 fully saturated rings. The van der Waals surface area contributed by atoms with Crippen LogP contribution in [0.2, 0.25) is 0 Å². The van der Waals surface area contributed by atoms with Crippen LogP contribution in [0.4, 0.5) is 4.39 Å². The lowest BCUT2D eigenvalue weighted by molar-refractivity contribution is 0.0969. The van der Waals surface area contributed by atoms with Crippen LogP contribution >= 0.6 is 11.8 Å². The molecule has 0 aromatic heterocycles. The molecule has 0 radical (unpaired) electrons. The molecule has 0 bridgehead atoms. The Kier molecular flexibility index (Phi) is 5.48. The monoisotopic (exact) mass is 421 g/mol. The SMILES string of the molecule is O=C(CCN1CCC(c2cccc(F)c2)C1)c1ccc2cc3c(cc2c1)SCCO3. The third kappa shape index (κ3) is 4.09. The molecule has 0 spiro atoms. The summed E-state index contributed by atoms with van der Waals surface area (Å²) in [6.07, 6.45) is 1.52. The van der Waals surface area contributed by atoms with Crippen LogP contribution in [0.3, 0.4) is 0 Å². The zero-order valence-electron chi connectivity index (χ0n) is 16.8. The maximum absolute atomic E-state index is 13.5. The Labute approximate surface area is 180 Å². The second kappa shape index (κ2) is 8.40. The Morgan fingerprint density at radius 1 is 1.13 bits per heavy atom. The molecule has 0 aliphatic carbocycles. The number of carbonyl (C=O) groups is 1. The average Bonchev–Trinajstić information content (AvgIpc) is 3.25. The predicted molar refractivity (Wildman–Crippen MR) is 119 cm³/mol. The predicted octanol–water partition coefficient (Wildman–Crippen LogP) is 5.53. The number of benzene rings is 3. The number of hydrogen-bond acceptors (Lipinski definition) is 4. The molecule has 1 atom stereocenters. The smallest absolute Gasteiger partial charge is 0.164 e. The van der Waals surface area contributed by atoms with Gasteiger partial charge in [-0.2, -0.15) is 0 Å². The molecule has 1 saturated heterocycles. The molecular formula is C25H24FNO2S. The minimum atomic E-state index is -0.177. The van der Waals surface area contributed by atoms with Gasteiger partial charge in [-0.3, -0.25) is 4.79 Å². The van der Waals surface area contributed by atoms with Crippen molar-refractivity contribution in [3.63, 3.8) is 0 Å². The lowest BCUT2D eigenvalue weighted by Crippen LogP contribution is -2.23. The number of thioether (sulfide) groups is 1. The van der Waals surface area contributed by atoms with Gasteiger partial charge >= 0.3 is 0 Å². The van der Waals surface area contributed by atoms with Crippen LogP contribution in [-0.2, 0) is 0 Å². The van der Waals surface area contributed by atoms with Crippen molar-refractivity contribution < 1.29 is 13.9 Å². The van der Waals surface area contributed by atoms with Crippen molar-refractivity contribution in [1.29, 1.82) is 0 Å². The van der Waals surface area contributed by atoms with Gasteiger partial charge in [-0.15, -0.1) is 11.8 Å². The van der Waals surface area contributed by atoms with E-state index in [0.29, 0.717) is 12.3 Å². The molecule has 3 aromatic carbocycles. The van der Waals surface area contributed by atoms with Crippen molar-refractivity contribution in [2.75, 3.05) is 32.0 Å². The number of carbonyl (C=O) groups excluding carboxylic acids is 1. The molecule has 3 nitrogen and oxygen atoms in total. The minimum Gasteiger partial charge on any atom is -0.492 e. The lowest BCUT2D eigenvalue weighted by atomic mass is 9.98. The van der Waals surface area contributed by atoms with E-state index in [9.17, 15) is 9.18 Å². The first kappa shape index (κ1) is 19.6. The Balaban J connectivity index is 1.23. The Morgan fingerprint density at radius 2 is 2.07 bits per heavy atom. The molecule has 1 unspecified atom stereocenters. The zero-order valence-corrected chi connectivity index (χ0v) is 17.6. The van der Waals surface area contributed by atoms with E-state index in [4.69, 9.17) is 4.74 Å². The molecule has 154 valence electrons. The van der Waals surface area contributed by atoms with Crippen molar-refractivity contribution in [2.24, 2.45) is 0 Å².